The van der Waals surface area contributed by atoms with Crippen LogP contribution >= 0.6 is 0 Å². The summed E-state index contributed by atoms with van der Waals surface area (Å²) >= 11 is 0. The van der Waals surface area contributed by atoms with E-state index in [1.165, 1.54) is 5.56 Å². The summed E-state index contributed by atoms with van der Waals surface area (Å²) in [6.45, 7) is 1.87. The fraction of sp³-hybridized carbons (Fsp3) is 0.462. The lowest BCUT2D eigenvalue weighted by atomic mass is 9.63. The van der Waals surface area contributed by atoms with Crippen molar-refractivity contribution in [2.75, 3.05) is 39.7 Å². The second kappa shape index (κ2) is 12.1. The van der Waals surface area contributed by atoms with E-state index in [-0.39, 0.29) is 17.1 Å². The topological polar surface area (TPSA) is 100 Å². The Hall–Kier alpha value is -3.61. The lowest BCUT2D eigenvalue weighted by Gasteiger charge is -2.42. The number of hydrogen-bond donors (Lipinski definition) is 3. The summed E-state index contributed by atoms with van der Waals surface area (Å²) in [5, 5.41) is 12.6. The van der Waals surface area contributed by atoms with Gasteiger partial charge in [0, 0.05) is 36.3 Å². The summed E-state index contributed by atoms with van der Waals surface area (Å²) in [4.78, 5) is 23.7. The molecular weight excluding hydrogens is 529 g/mol. The Morgan fingerprint density at radius 1 is 1.05 bits per heavy atom. The second-order valence-corrected chi connectivity index (χ2v) is 9.65. The van der Waals surface area contributed by atoms with Crippen LogP contribution in [0.4, 0.5) is 32.4 Å². The van der Waals surface area contributed by atoms with Crippen LogP contribution in [-0.4, -0.2) is 68.6 Å². The SMILES string of the molecule is COc1ccc(C23CCC(NC(=O)Nc4cc(F)cc(F)c4)CC2CN(C)C3)cc1OC.O=C(O)C(F)(F)F. The number of amides is 2. The smallest absolute Gasteiger partial charge is 0.490 e. The molecule has 0 spiro atoms. The minimum Gasteiger partial charge on any atom is -0.493 e. The first kappa shape index (κ1) is 29.9. The van der Waals surface area contributed by atoms with E-state index < -0.39 is 29.8 Å². The molecule has 2 aromatic carbocycles. The van der Waals surface area contributed by atoms with Crippen LogP contribution in [0.15, 0.2) is 36.4 Å². The Morgan fingerprint density at radius 3 is 2.23 bits per heavy atom. The first-order valence-electron chi connectivity index (χ1n) is 12.0. The third kappa shape index (κ3) is 7.28. The average molecular weight is 560 g/mol. The van der Waals surface area contributed by atoms with E-state index in [4.69, 9.17) is 19.4 Å². The number of hydrogen-bond acceptors (Lipinski definition) is 5. The fourth-order valence-electron chi connectivity index (χ4n) is 5.43. The number of anilines is 1. The highest BCUT2D eigenvalue weighted by Crippen LogP contribution is 2.49. The highest BCUT2D eigenvalue weighted by molar-refractivity contribution is 5.89. The number of urea groups is 1. The highest BCUT2D eigenvalue weighted by Gasteiger charge is 2.50. The van der Waals surface area contributed by atoms with Gasteiger partial charge in [0.25, 0.3) is 0 Å². The molecule has 3 unspecified atom stereocenters. The molecule has 2 aromatic rings. The fourth-order valence-corrected chi connectivity index (χ4v) is 5.43. The number of likely N-dealkylation sites (N-methyl/N-ethyl adjacent to an activating group) is 1. The molecule has 0 aromatic heterocycles. The summed E-state index contributed by atoms with van der Waals surface area (Å²) in [6.07, 6.45) is -2.54. The summed E-state index contributed by atoms with van der Waals surface area (Å²) in [7, 11) is 5.39. The van der Waals surface area contributed by atoms with Crippen molar-refractivity contribution in [3.05, 3.63) is 53.6 Å². The molecule has 39 heavy (non-hydrogen) atoms. The van der Waals surface area contributed by atoms with Gasteiger partial charge in [0.15, 0.2) is 11.5 Å². The van der Waals surface area contributed by atoms with Crippen LogP contribution in [-0.2, 0) is 10.2 Å². The molecule has 2 aliphatic rings. The van der Waals surface area contributed by atoms with Crippen LogP contribution in [0.3, 0.4) is 0 Å². The van der Waals surface area contributed by atoms with Gasteiger partial charge in [-0.05, 0) is 62.1 Å². The number of nitrogens with zero attached hydrogens (tertiary/aromatic N) is 1. The van der Waals surface area contributed by atoms with E-state index in [1.807, 2.05) is 6.07 Å². The molecule has 4 rings (SSSR count). The first-order chi connectivity index (χ1) is 18.3. The van der Waals surface area contributed by atoms with Gasteiger partial charge in [-0.1, -0.05) is 6.07 Å². The van der Waals surface area contributed by atoms with Gasteiger partial charge < -0.3 is 30.1 Å². The Labute approximate surface area is 222 Å². The Balaban J connectivity index is 0.000000532. The highest BCUT2D eigenvalue weighted by atomic mass is 19.4. The van der Waals surface area contributed by atoms with Crippen molar-refractivity contribution >= 4 is 17.7 Å². The zero-order chi connectivity index (χ0) is 29.0. The van der Waals surface area contributed by atoms with Crippen molar-refractivity contribution in [3.63, 3.8) is 0 Å². The summed E-state index contributed by atoms with van der Waals surface area (Å²) in [5.41, 5.74) is 1.30. The molecular formula is C26H30F5N3O5. The number of rotatable bonds is 5. The number of carbonyl (C=O) groups excluding carboxylic acids is 1. The molecule has 1 saturated carbocycles. The van der Waals surface area contributed by atoms with Crippen LogP contribution in [0, 0.1) is 17.6 Å². The van der Waals surface area contributed by atoms with Crippen LogP contribution in [0.1, 0.15) is 24.8 Å². The molecule has 1 saturated heterocycles. The van der Waals surface area contributed by atoms with E-state index in [9.17, 15) is 26.7 Å². The number of alkyl halides is 3. The summed E-state index contributed by atoms with van der Waals surface area (Å²) < 4.78 is 69.4. The lowest BCUT2D eigenvalue weighted by molar-refractivity contribution is -0.192. The van der Waals surface area contributed by atoms with Crippen molar-refractivity contribution in [1.82, 2.24) is 10.2 Å². The van der Waals surface area contributed by atoms with Gasteiger partial charge in [0.2, 0.25) is 0 Å². The molecule has 2 fully saturated rings. The van der Waals surface area contributed by atoms with Crippen LogP contribution < -0.4 is 20.1 Å². The summed E-state index contributed by atoms with van der Waals surface area (Å²) in [5.74, 6) is -2.44. The summed E-state index contributed by atoms with van der Waals surface area (Å²) in [6, 6.07) is 8.64. The third-order valence-corrected chi connectivity index (χ3v) is 7.03. The predicted molar refractivity (Wildman–Crippen MR) is 132 cm³/mol. The molecule has 3 N–H and O–H groups in total. The molecule has 8 nitrogen and oxygen atoms in total. The van der Waals surface area contributed by atoms with Crippen molar-refractivity contribution in [2.24, 2.45) is 5.92 Å². The number of aliphatic carboxylic acids is 1. The number of benzene rings is 2. The molecule has 0 bridgehead atoms. The number of likely N-dealkylation sites (tertiary alicyclic amines) is 1. The molecule has 3 atom stereocenters. The molecule has 1 aliphatic carbocycles. The largest absolute Gasteiger partial charge is 0.493 e. The molecule has 2 amide bonds. The van der Waals surface area contributed by atoms with Crippen LogP contribution in [0.2, 0.25) is 0 Å². The average Bonchev–Trinajstić information content (AvgIpc) is 3.18. The second-order valence-electron chi connectivity index (χ2n) is 9.65. The predicted octanol–water partition coefficient (Wildman–Crippen LogP) is 4.79. The molecule has 0 radical (unpaired) electrons. The molecule has 214 valence electrons. The van der Waals surface area contributed by atoms with Crippen molar-refractivity contribution in [3.8, 4) is 11.5 Å². The van der Waals surface area contributed by atoms with Gasteiger partial charge in [-0.15, -0.1) is 0 Å². The Bertz CT molecular complexity index is 1170. The molecule has 1 heterocycles. The van der Waals surface area contributed by atoms with Crippen molar-refractivity contribution in [2.45, 2.75) is 36.9 Å². The third-order valence-electron chi connectivity index (χ3n) is 7.03. The van der Waals surface area contributed by atoms with Crippen LogP contribution in [0.5, 0.6) is 11.5 Å². The minimum atomic E-state index is -5.08. The zero-order valence-electron chi connectivity index (χ0n) is 21.6. The Morgan fingerprint density at radius 2 is 1.67 bits per heavy atom. The zero-order valence-corrected chi connectivity index (χ0v) is 21.6. The van der Waals surface area contributed by atoms with Gasteiger partial charge >= 0.3 is 18.2 Å². The number of carboxylic acid groups (broad SMARTS) is 1. The maximum Gasteiger partial charge on any atom is 0.490 e. The maximum atomic E-state index is 13.4. The van der Waals surface area contributed by atoms with Crippen molar-refractivity contribution in [1.29, 1.82) is 0 Å². The Kier molecular flexibility index (Phi) is 9.26. The standard InChI is InChI=1S/C24H29F2N3O3.C2HF3O2/c1-29-13-16-8-19(27-23(30)28-20-11-17(25)10-18(26)12-20)6-7-24(16,14-29)15-4-5-21(31-2)22(9-15)32-3;3-2(4,5)1(6)7/h4-5,9-12,16,19H,6-8,13-14H2,1-3H3,(H2,27,28,30);(H,6,7). The van der Waals surface area contributed by atoms with Crippen molar-refractivity contribution < 1.29 is 46.1 Å². The normalized spacial score (nSPS) is 22.7. The molecule has 13 heteroatoms. The van der Waals surface area contributed by atoms with E-state index in [0.29, 0.717) is 11.7 Å². The quantitative estimate of drug-likeness (QED) is 0.456. The van der Waals surface area contributed by atoms with E-state index in [0.717, 1.165) is 56.3 Å². The lowest BCUT2D eigenvalue weighted by Crippen LogP contribution is -2.48. The van der Waals surface area contributed by atoms with Gasteiger partial charge in [-0.3, -0.25) is 0 Å². The van der Waals surface area contributed by atoms with Gasteiger partial charge in [0.1, 0.15) is 11.6 Å². The number of nitrogens with one attached hydrogen (secondary N) is 2. The number of halogens is 5. The number of methoxy groups -OCH3 is 2. The maximum absolute atomic E-state index is 13.4. The minimum absolute atomic E-state index is 0.0156. The monoisotopic (exact) mass is 559 g/mol. The van der Waals surface area contributed by atoms with E-state index in [1.54, 1.807) is 14.2 Å². The van der Waals surface area contributed by atoms with E-state index in [2.05, 4.69) is 34.7 Å². The van der Waals surface area contributed by atoms with Gasteiger partial charge in [-0.25, -0.2) is 18.4 Å². The number of fused-ring (bicyclic) bond motifs is 1. The number of carboxylic acids is 1. The number of carbonyl (C=O) groups is 2. The molecule has 1 aliphatic heterocycles. The van der Waals surface area contributed by atoms with Gasteiger partial charge in [0.05, 0.1) is 14.2 Å². The van der Waals surface area contributed by atoms with E-state index >= 15 is 0 Å². The number of ether oxygens (including phenoxy) is 2. The van der Waals surface area contributed by atoms with Gasteiger partial charge in [-0.2, -0.15) is 13.2 Å². The van der Waals surface area contributed by atoms with Crippen LogP contribution in [0.25, 0.3) is 0 Å². The first-order valence-corrected chi connectivity index (χ1v) is 12.0.